The molecule has 2 nitrogen and oxygen atoms in total. The first-order valence-electron chi connectivity index (χ1n) is 8.21. The van der Waals surface area contributed by atoms with Crippen LogP contribution in [0.1, 0.15) is 19.4 Å². The predicted molar refractivity (Wildman–Crippen MR) is 102 cm³/mol. The van der Waals surface area contributed by atoms with Crippen molar-refractivity contribution in [1.29, 1.82) is 0 Å². The van der Waals surface area contributed by atoms with Gasteiger partial charge in [0, 0.05) is 17.5 Å². The van der Waals surface area contributed by atoms with Crippen molar-refractivity contribution in [1.82, 2.24) is 0 Å². The fourth-order valence-corrected chi connectivity index (χ4v) is 2.88. The summed E-state index contributed by atoms with van der Waals surface area (Å²) in [6, 6.07) is 24.2. The van der Waals surface area contributed by atoms with Crippen LogP contribution in [-0.4, -0.2) is 11.9 Å². The van der Waals surface area contributed by atoms with Gasteiger partial charge >= 0.3 is 0 Å². The molecule has 0 aliphatic rings. The van der Waals surface area contributed by atoms with E-state index in [9.17, 15) is 4.79 Å². The average molecular weight is 315 g/mol. The number of amides is 1. The number of nitrogens with zero attached hydrogens (tertiary/aromatic N) is 1. The first-order valence-corrected chi connectivity index (χ1v) is 8.21. The van der Waals surface area contributed by atoms with Gasteiger partial charge in [-0.2, -0.15) is 0 Å². The Morgan fingerprint density at radius 3 is 2.29 bits per heavy atom. The number of carbonyl (C=O) groups is 1. The number of anilines is 1. The van der Waals surface area contributed by atoms with Crippen LogP contribution in [0.3, 0.4) is 0 Å². The largest absolute Gasteiger partial charge is 0.306 e. The standard InChI is InChI=1S/C22H21NO/c1-17(2)23(22(24)16-15-18-9-4-3-5-10-18)21-14-8-12-19-11-6-7-13-20(19)21/h3-17H,1-2H3/b16-15-. The van der Waals surface area contributed by atoms with E-state index < -0.39 is 0 Å². The summed E-state index contributed by atoms with van der Waals surface area (Å²) in [5.41, 5.74) is 1.97. The van der Waals surface area contributed by atoms with Gasteiger partial charge < -0.3 is 4.90 Å². The normalized spacial score (nSPS) is 11.3. The average Bonchev–Trinajstić information content (AvgIpc) is 2.61. The molecule has 0 saturated heterocycles. The molecule has 0 saturated carbocycles. The minimum Gasteiger partial charge on any atom is -0.306 e. The number of carbonyl (C=O) groups excluding carboxylic acids is 1. The van der Waals surface area contributed by atoms with Gasteiger partial charge in [-0.1, -0.05) is 66.7 Å². The molecule has 3 rings (SSSR count). The Hall–Kier alpha value is -2.87. The van der Waals surface area contributed by atoms with Crippen molar-refractivity contribution in [2.75, 3.05) is 4.90 Å². The molecular formula is C22H21NO. The fraction of sp³-hybridized carbons (Fsp3) is 0.136. The highest BCUT2D eigenvalue weighted by Crippen LogP contribution is 2.28. The van der Waals surface area contributed by atoms with E-state index in [-0.39, 0.29) is 11.9 Å². The second-order valence-electron chi connectivity index (χ2n) is 6.04. The maximum Gasteiger partial charge on any atom is 0.251 e. The lowest BCUT2D eigenvalue weighted by Crippen LogP contribution is -2.35. The summed E-state index contributed by atoms with van der Waals surface area (Å²) >= 11 is 0. The van der Waals surface area contributed by atoms with Gasteiger partial charge in [-0.25, -0.2) is 0 Å². The smallest absolute Gasteiger partial charge is 0.251 e. The van der Waals surface area contributed by atoms with Gasteiger partial charge in [0.05, 0.1) is 5.69 Å². The van der Waals surface area contributed by atoms with Gasteiger partial charge in [-0.3, -0.25) is 4.79 Å². The third kappa shape index (κ3) is 3.38. The molecule has 0 aliphatic carbocycles. The van der Waals surface area contributed by atoms with Crippen LogP contribution in [0.15, 0.2) is 78.9 Å². The molecule has 3 aromatic carbocycles. The zero-order valence-corrected chi connectivity index (χ0v) is 14.0. The number of rotatable bonds is 4. The van der Waals surface area contributed by atoms with Crippen molar-refractivity contribution in [3.05, 3.63) is 84.4 Å². The lowest BCUT2D eigenvalue weighted by Gasteiger charge is -2.27. The number of hydrogen-bond donors (Lipinski definition) is 0. The summed E-state index contributed by atoms with van der Waals surface area (Å²) in [7, 11) is 0. The zero-order chi connectivity index (χ0) is 16.9. The van der Waals surface area contributed by atoms with Gasteiger partial charge in [0.2, 0.25) is 0 Å². The summed E-state index contributed by atoms with van der Waals surface area (Å²) in [6.45, 7) is 4.08. The monoisotopic (exact) mass is 315 g/mol. The van der Waals surface area contributed by atoms with Crippen LogP contribution in [0.5, 0.6) is 0 Å². The van der Waals surface area contributed by atoms with Gasteiger partial charge in [0.1, 0.15) is 0 Å². The van der Waals surface area contributed by atoms with E-state index in [2.05, 4.69) is 18.2 Å². The molecule has 24 heavy (non-hydrogen) atoms. The third-order valence-corrected chi connectivity index (χ3v) is 4.00. The van der Waals surface area contributed by atoms with Crippen molar-refractivity contribution in [3.8, 4) is 0 Å². The second-order valence-corrected chi connectivity index (χ2v) is 6.04. The molecule has 0 aliphatic heterocycles. The molecule has 0 fully saturated rings. The Morgan fingerprint density at radius 2 is 1.54 bits per heavy atom. The molecule has 1 amide bonds. The Morgan fingerprint density at radius 1 is 0.875 bits per heavy atom. The molecule has 0 atom stereocenters. The van der Waals surface area contributed by atoms with Crippen LogP contribution in [0.2, 0.25) is 0 Å². The van der Waals surface area contributed by atoms with E-state index >= 15 is 0 Å². The van der Waals surface area contributed by atoms with Crippen molar-refractivity contribution in [2.24, 2.45) is 0 Å². The van der Waals surface area contributed by atoms with Crippen LogP contribution in [0.4, 0.5) is 5.69 Å². The van der Waals surface area contributed by atoms with Crippen molar-refractivity contribution in [3.63, 3.8) is 0 Å². The SMILES string of the molecule is CC(C)N(C(=O)/C=C\c1ccccc1)c1cccc2ccccc12. The molecular weight excluding hydrogens is 294 g/mol. The van der Waals surface area contributed by atoms with Crippen LogP contribution in [0, 0.1) is 0 Å². The van der Waals surface area contributed by atoms with Gasteiger partial charge in [-0.15, -0.1) is 0 Å². The summed E-state index contributed by atoms with van der Waals surface area (Å²) < 4.78 is 0. The molecule has 0 heterocycles. The summed E-state index contributed by atoms with van der Waals surface area (Å²) in [6.07, 6.45) is 3.51. The predicted octanol–water partition coefficient (Wildman–Crippen LogP) is 5.29. The Balaban J connectivity index is 1.97. The highest BCUT2D eigenvalue weighted by molar-refractivity contribution is 6.09. The van der Waals surface area contributed by atoms with E-state index in [4.69, 9.17) is 0 Å². The van der Waals surface area contributed by atoms with Crippen LogP contribution >= 0.6 is 0 Å². The van der Waals surface area contributed by atoms with E-state index in [0.717, 1.165) is 22.0 Å². The minimum atomic E-state index is -0.00907. The van der Waals surface area contributed by atoms with Crippen molar-refractivity contribution in [2.45, 2.75) is 19.9 Å². The number of fused-ring (bicyclic) bond motifs is 1. The molecule has 2 heteroatoms. The lowest BCUT2D eigenvalue weighted by atomic mass is 10.1. The Labute approximate surface area is 143 Å². The molecule has 120 valence electrons. The first kappa shape index (κ1) is 16.0. The zero-order valence-electron chi connectivity index (χ0n) is 14.0. The van der Waals surface area contributed by atoms with E-state index in [1.165, 1.54) is 0 Å². The molecule has 0 aromatic heterocycles. The summed E-state index contributed by atoms with van der Waals surface area (Å²) in [5.74, 6) is -0.00907. The molecule has 3 aromatic rings. The molecule has 0 spiro atoms. The van der Waals surface area contributed by atoms with Crippen molar-refractivity contribution >= 4 is 28.4 Å². The number of hydrogen-bond acceptors (Lipinski definition) is 1. The van der Waals surface area contributed by atoms with Crippen LogP contribution in [-0.2, 0) is 4.79 Å². The lowest BCUT2D eigenvalue weighted by molar-refractivity contribution is -0.114. The van der Waals surface area contributed by atoms with E-state index in [1.807, 2.05) is 79.4 Å². The summed E-state index contributed by atoms with van der Waals surface area (Å²) in [5, 5.41) is 2.23. The topological polar surface area (TPSA) is 20.3 Å². The second kappa shape index (κ2) is 7.14. The van der Waals surface area contributed by atoms with Crippen LogP contribution in [0.25, 0.3) is 16.8 Å². The first-order chi connectivity index (χ1) is 11.7. The Kier molecular flexibility index (Phi) is 4.76. The minimum absolute atomic E-state index is 0.00907. The summed E-state index contributed by atoms with van der Waals surface area (Å²) in [4.78, 5) is 14.7. The quantitative estimate of drug-likeness (QED) is 0.599. The molecule has 0 unspecified atom stereocenters. The molecule has 0 N–H and O–H groups in total. The Bertz CT molecular complexity index is 860. The molecule has 0 radical (unpaired) electrons. The van der Waals surface area contributed by atoms with Crippen molar-refractivity contribution < 1.29 is 4.79 Å². The third-order valence-electron chi connectivity index (χ3n) is 4.00. The van der Waals surface area contributed by atoms with Gasteiger partial charge in [-0.05, 0) is 36.9 Å². The van der Waals surface area contributed by atoms with E-state index in [0.29, 0.717) is 0 Å². The van der Waals surface area contributed by atoms with Gasteiger partial charge in [0.15, 0.2) is 0 Å². The van der Waals surface area contributed by atoms with Gasteiger partial charge in [0.25, 0.3) is 5.91 Å². The highest BCUT2D eigenvalue weighted by Gasteiger charge is 2.18. The highest BCUT2D eigenvalue weighted by atomic mass is 16.2. The van der Waals surface area contributed by atoms with Crippen LogP contribution < -0.4 is 4.90 Å². The number of benzene rings is 3. The maximum absolute atomic E-state index is 12.8. The maximum atomic E-state index is 12.8. The van der Waals surface area contributed by atoms with E-state index in [1.54, 1.807) is 6.08 Å². The molecule has 0 bridgehead atoms. The fourth-order valence-electron chi connectivity index (χ4n) is 2.88.